The van der Waals surface area contributed by atoms with Crippen molar-refractivity contribution in [3.63, 3.8) is 0 Å². The predicted molar refractivity (Wildman–Crippen MR) is 70.1 cm³/mol. The van der Waals surface area contributed by atoms with Gasteiger partial charge in [-0.3, -0.25) is 0 Å². The number of alkyl halides is 2. The molecule has 0 heterocycles. The number of hydrogen-bond acceptors (Lipinski definition) is 3. The Morgan fingerprint density at radius 1 is 1.37 bits per heavy atom. The topological polar surface area (TPSA) is 30.5 Å². The third-order valence-corrected chi connectivity index (χ3v) is 3.19. The van der Waals surface area contributed by atoms with E-state index in [0.717, 1.165) is 12.3 Å². The largest absolute Gasteiger partial charge is 0.497 e. The first-order valence-electron chi connectivity index (χ1n) is 6.48. The van der Waals surface area contributed by atoms with Crippen LogP contribution in [0.4, 0.5) is 14.5 Å². The second-order valence-electron chi connectivity index (χ2n) is 4.97. The monoisotopic (exact) mass is 271 g/mol. The van der Waals surface area contributed by atoms with Gasteiger partial charge in [0.15, 0.2) is 0 Å². The minimum absolute atomic E-state index is 0.151. The van der Waals surface area contributed by atoms with Gasteiger partial charge in [-0.15, -0.1) is 0 Å². The lowest BCUT2D eigenvalue weighted by Crippen LogP contribution is -2.17. The van der Waals surface area contributed by atoms with Crippen LogP contribution in [0.1, 0.15) is 26.2 Å². The maximum absolute atomic E-state index is 12.4. The Kier molecular flexibility index (Phi) is 4.45. The van der Waals surface area contributed by atoms with Crippen molar-refractivity contribution < 1.29 is 18.3 Å². The van der Waals surface area contributed by atoms with Crippen LogP contribution in [-0.4, -0.2) is 19.8 Å². The predicted octanol–water partition coefficient (Wildman–Crippen LogP) is 3.90. The maximum Gasteiger partial charge on any atom is 0.387 e. The average Bonchev–Trinajstić information content (AvgIpc) is 3.14. The van der Waals surface area contributed by atoms with Gasteiger partial charge in [0.05, 0.1) is 12.8 Å². The van der Waals surface area contributed by atoms with E-state index in [1.807, 2.05) is 6.92 Å². The van der Waals surface area contributed by atoms with Crippen LogP contribution in [0.5, 0.6) is 11.5 Å². The third kappa shape index (κ3) is 4.26. The molecular formula is C14H19F2NO2. The van der Waals surface area contributed by atoms with Crippen LogP contribution in [0.3, 0.4) is 0 Å². The normalized spacial score (nSPS) is 16.3. The summed E-state index contributed by atoms with van der Waals surface area (Å²) in [5, 5.41) is 3.22. The molecule has 106 valence electrons. The lowest BCUT2D eigenvalue weighted by Gasteiger charge is -2.18. The summed E-state index contributed by atoms with van der Waals surface area (Å²) in [6.07, 6.45) is 3.58. The molecule has 3 nitrogen and oxygen atoms in total. The van der Waals surface area contributed by atoms with Crippen LogP contribution in [0, 0.1) is 5.92 Å². The zero-order chi connectivity index (χ0) is 13.8. The van der Waals surface area contributed by atoms with Gasteiger partial charge in [-0.25, -0.2) is 0 Å². The van der Waals surface area contributed by atoms with Gasteiger partial charge in [0.1, 0.15) is 11.5 Å². The smallest absolute Gasteiger partial charge is 0.387 e. The van der Waals surface area contributed by atoms with Crippen molar-refractivity contribution in [2.24, 2.45) is 5.92 Å². The molecule has 0 amide bonds. The molecule has 0 spiro atoms. The summed E-state index contributed by atoms with van der Waals surface area (Å²) in [4.78, 5) is 0. The van der Waals surface area contributed by atoms with Crippen molar-refractivity contribution >= 4 is 5.69 Å². The molecule has 1 saturated carbocycles. The fourth-order valence-corrected chi connectivity index (χ4v) is 2.13. The molecule has 2 rings (SSSR count). The Labute approximate surface area is 111 Å². The van der Waals surface area contributed by atoms with Crippen molar-refractivity contribution in [1.82, 2.24) is 0 Å². The second kappa shape index (κ2) is 6.08. The summed E-state index contributed by atoms with van der Waals surface area (Å²) < 4.78 is 34.3. The highest BCUT2D eigenvalue weighted by Gasteiger charge is 2.24. The van der Waals surface area contributed by atoms with E-state index in [1.54, 1.807) is 19.2 Å². The van der Waals surface area contributed by atoms with E-state index in [9.17, 15) is 8.78 Å². The fraction of sp³-hybridized carbons (Fsp3) is 0.571. The van der Waals surface area contributed by atoms with Crippen LogP contribution in [0.25, 0.3) is 0 Å². The molecule has 0 aromatic heterocycles. The molecule has 1 atom stereocenters. The first kappa shape index (κ1) is 13.9. The molecular weight excluding hydrogens is 252 g/mol. The van der Waals surface area contributed by atoms with Gasteiger partial charge in [-0.05, 0) is 31.4 Å². The molecule has 0 bridgehead atoms. The Hall–Kier alpha value is -1.52. The summed E-state index contributed by atoms with van der Waals surface area (Å²) in [5.41, 5.74) is 0.549. The van der Waals surface area contributed by atoms with Gasteiger partial charge < -0.3 is 14.8 Å². The summed E-state index contributed by atoms with van der Waals surface area (Å²) in [6.45, 7) is -0.781. The van der Waals surface area contributed by atoms with E-state index in [-0.39, 0.29) is 11.8 Å². The van der Waals surface area contributed by atoms with E-state index < -0.39 is 6.61 Å². The van der Waals surface area contributed by atoms with E-state index in [4.69, 9.17) is 4.74 Å². The lowest BCUT2D eigenvalue weighted by atomic mass is 10.1. The SMILES string of the molecule is COc1ccc(OC(F)F)c(NC(C)CC2CC2)c1. The molecule has 1 aliphatic rings. The Morgan fingerprint density at radius 2 is 2.11 bits per heavy atom. The van der Waals surface area contributed by atoms with Crippen molar-refractivity contribution in [2.45, 2.75) is 38.8 Å². The third-order valence-electron chi connectivity index (χ3n) is 3.19. The van der Waals surface area contributed by atoms with Gasteiger partial charge in [0.2, 0.25) is 0 Å². The summed E-state index contributed by atoms with van der Waals surface area (Å²) in [5.74, 6) is 1.54. The summed E-state index contributed by atoms with van der Waals surface area (Å²) in [6, 6.07) is 5.01. The van der Waals surface area contributed by atoms with Crippen molar-refractivity contribution in [3.05, 3.63) is 18.2 Å². The number of halogens is 2. The van der Waals surface area contributed by atoms with Crippen molar-refractivity contribution in [2.75, 3.05) is 12.4 Å². The molecule has 1 aromatic carbocycles. The van der Waals surface area contributed by atoms with Gasteiger partial charge in [0, 0.05) is 12.1 Å². The lowest BCUT2D eigenvalue weighted by molar-refractivity contribution is -0.0494. The first-order chi connectivity index (χ1) is 9.08. The molecule has 0 radical (unpaired) electrons. The summed E-state index contributed by atoms with van der Waals surface area (Å²) >= 11 is 0. The van der Waals surface area contributed by atoms with Gasteiger partial charge in [0.25, 0.3) is 0 Å². The van der Waals surface area contributed by atoms with E-state index >= 15 is 0 Å². The molecule has 0 aliphatic heterocycles. The minimum atomic E-state index is -2.83. The summed E-state index contributed by atoms with van der Waals surface area (Å²) in [7, 11) is 1.54. The number of methoxy groups -OCH3 is 1. The molecule has 19 heavy (non-hydrogen) atoms. The minimum Gasteiger partial charge on any atom is -0.497 e. The van der Waals surface area contributed by atoms with Crippen LogP contribution in [0.2, 0.25) is 0 Å². The van der Waals surface area contributed by atoms with E-state index in [1.165, 1.54) is 18.9 Å². The van der Waals surface area contributed by atoms with Gasteiger partial charge in [-0.1, -0.05) is 12.8 Å². The van der Waals surface area contributed by atoms with Crippen LogP contribution in [0.15, 0.2) is 18.2 Å². The van der Waals surface area contributed by atoms with Gasteiger partial charge >= 0.3 is 6.61 Å². The number of benzene rings is 1. The van der Waals surface area contributed by atoms with E-state index in [2.05, 4.69) is 10.1 Å². The standard InChI is InChI=1S/C14H19F2NO2/c1-9(7-10-3-4-10)17-12-8-11(18-2)5-6-13(12)19-14(15)16/h5-6,8-10,14,17H,3-4,7H2,1-2H3. The molecule has 1 unspecified atom stereocenters. The zero-order valence-electron chi connectivity index (χ0n) is 11.2. The number of ether oxygens (including phenoxy) is 2. The molecule has 0 saturated heterocycles. The number of hydrogen-bond donors (Lipinski definition) is 1. The zero-order valence-corrected chi connectivity index (χ0v) is 11.2. The molecule has 1 aliphatic carbocycles. The van der Waals surface area contributed by atoms with Crippen molar-refractivity contribution in [1.29, 1.82) is 0 Å². The first-order valence-corrected chi connectivity index (χ1v) is 6.48. The quantitative estimate of drug-likeness (QED) is 0.816. The van der Waals surface area contributed by atoms with Crippen LogP contribution >= 0.6 is 0 Å². The second-order valence-corrected chi connectivity index (χ2v) is 4.97. The molecule has 1 N–H and O–H groups in total. The van der Waals surface area contributed by atoms with Crippen LogP contribution < -0.4 is 14.8 Å². The fourth-order valence-electron chi connectivity index (χ4n) is 2.13. The molecule has 1 fully saturated rings. The van der Waals surface area contributed by atoms with Crippen LogP contribution in [-0.2, 0) is 0 Å². The number of rotatable bonds is 7. The highest BCUT2D eigenvalue weighted by atomic mass is 19.3. The molecule has 5 heteroatoms. The Morgan fingerprint density at radius 3 is 2.68 bits per heavy atom. The highest BCUT2D eigenvalue weighted by molar-refractivity contribution is 5.60. The van der Waals surface area contributed by atoms with Crippen molar-refractivity contribution in [3.8, 4) is 11.5 Å². The number of anilines is 1. The Balaban J connectivity index is 2.08. The molecule has 1 aromatic rings. The van der Waals surface area contributed by atoms with E-state index in [0.29, 0.717) is 11.4 Å². The van der Waals surface area contributed by atoms with Gasteiger partial charge in [-0.2, -0.15) is 8.78 Å². The number of nitrogens with one attached hydrogen (secondary N) is 1. The average molecular weight is 271 g/mol. The Bertz CT molecular complexity index is 422. The highest BCUT2D eigenvalue weighted by Crippen LogP contribution is 2.36. The maximum atomic E-state index is 12.4.